The highest BCUT2D eigenvalue weighted by Crippen LogP contribution is 2.31. The Balaban J connectivity index is 1.90. The summed E-state index contributed by atoms with van der Waals surface area (Å²) in [5.74, 6) is 0. The van der Waals surface area contributed by atoms with E-state index in [1.54, 1.807) is 18.3 Å². The van der Waals surface area contributed by atoms with Gasteiger partial charge in [0.2, 0.25) is 0 Å². The molecule has 0 bridgehead atoms. The summed E-state index contributed by atoms with van der Waals surface area (Å²) in [5, 5.41) is 15.8. The molecule has 0 radical (unpaired) electrons. The molecular weight excluding hydrogens is 304 g/mol. The van der Waals surface area contributed by atoms with Gasteiger partial charge in [0, 0.05) is 52.9 Å². The summed E-state index contributed by atoms with van der Waals surface area (Å²) >= 11 is 0. The van der Waals surface area contributed by atoms with Crippen LogP contribution in [0.5, 0.6) is 0 Å². The van der Waals surface area contributed by atoms with Gasteiger partial charge in [-0.3, -0.25) is 10.1 Å². The molecule has 4 rings (SSSR count). The van der Waals surface area contributed by atoms with Gasteiger partial charge in [-0.15, -0.1) is 0 Å². The summed E-state index contributed by atoms with van der Waals surface area (Å²) in [6.45, 7) is 0. The van der Waals surface area contributed by atoms with Crippen molar-refractivity contribution in [1.29, 1.82) is 0 Å². The Morgan fingerprint density at radius 2 is 1.83 bits per heavy atom. The summed E-state index contributed by atoms with van der Waals surface area (Å²) in [6.07, 6.45) is 1.81. The fourth-order valence-corrected chi connectivity index (χ4v) is 2.86. The number of anilines is 1. The number of aromatic amines is 1. The van der Waals surface area contributed by atoms with Gasteiger partial charge in [-0.25, -0.2) is 4.98 Å². The number of hydrogen-bond acceptors (Lipinski definition) is 4. The number of nitrogens with one attached hydrogen (secondary N) is 2. The Morgan fingerprint density at radius 3 is 2.54 bits per heavy atom. The van der Waals surface area contributed by atoms with Crippen LogP contribution in [0.3, 0.4) is 0 Å². The summed E-state index contributed by atoms with van der Waals surface area (Å²) < 4.78 is 0. The van der Waals surface area contributed by atoms with E-state index in [1.165, 1.54) is 6.07 Å². The number of nitro benzene ring substituents is 1. The quantitative estimate of drug-likeness (QED) is 0.435. The van der Waals surface area contributed by atoms with Gasteiger partial charge in [0.1, 0.15) is 5.65 Å². The lowest BCUT2D eigenvalue weighted by Crippen LogP contribution is -1.87. The van der Waals surface area contributed by atoms with Gasteiger partial charge < -0.3 is 10.3 Å². The van der Waals surface area contributed by atoms with E-state index in [0.29, 0.717) is 0 Å². The second kappa shape index (κ2) is 5.34. The van der Waals surface area contributed by atoms with Crippen LogP contribution in [-0.2, 0) is 0 Å². The second-order valence-corrected chi connectivity index (χ2v) is 5.56. The SMILES string of the molecule is CNc1ccc(-c2cnc3[nH]c4ccc([N+](=O)[O-])cc4c3c2)cc1. The first kappa shape index (κ1) is 14.2. The first-order valence-electron chi connectivity index (χ1n) is 7.50. The Bertz CT molecular complexity index is 1070. The average molecular weight is 318 g/mol. The Kier molecular flexibility index (Phi) is 3.16. The third-order valence-electron chi connectivity index (χ3n) is 4.15. The molecule has 0 aliphatic heterocycles. The van der Waals surface area contributed by atoms with Gasteiger partial charge in [-0.05, 0) is 29.8 Å². The van der Waals surface area contributed by atoms with Gasteiger partial charge in [0.15, 0.2) is 0 Å². The van der Waals surface area contributed by atoms with Crippen LogP contribution in [0.4, 0.5) is 11.4 Å². The van der Waals surface area contributed by atoms with Crippen LogP contribution >= 0.6 is 0 Å². The van der Waals surface area contributed by atoms with Crippen molar-refractivity contribution in [2.45, 2.75) is 0 Å². The Morgan fingerprint density at radius 1 is 1.04 bits per heavy atom. The molecule has 2 aromatic carbocycles. The Hall–Kier alpha value is -3.41. The first-order chi connectivity index (χ1) is 11.7. The minimum Gasteiger partial charge on any atom is -0.388 e. The maximum absolute atomic E-state index is 11.0. The third kappa shape index (κ3) is 2.25. The van der Waals surface area contributed by atoms with Crippen molar-refractivity contribution in [3.63, 3.8) is 0 Å². The number of nitro groups is 1. The van der Waals surface area contributed by atoms with Crippen molar-refractivity contribution in [3.8, 4) is 11.1 Å². The molecule has 24 heavy (non-hydrogen) atoms. The van der Waals surface area contributed by atoms with Crippen LogP contribution in [0.1, 0.15) is 0 Å². The van der Waals surface area contributed by atoms with Crippen molar-refractivity contribution < 1.29 is 4.92 Å². The molecule has 0 spiro atoms. The van der Waals surface area contributed by atoms with Crippen molar-refractivity contribution in [2.24, 2.45) is 0 Å². The minimum atomic E-state index is -0.383. The molecule has 0 aliphatic rings. The molecule has 0 aliphatic carbocycles. The van der Waals surface area contributed by atoms with Gasteiger partial charge in [-0.2, -0.15) is 0 Å². The van der Waals surface area contributed by atoms with E-state index in [9.17, 15) is 10.1 Å². The highest BCUT2D eigenvalue weighted by atomic mass is 16.6. The van der Waals surface area contributed by atoms with Crippen LogP contribution < -0.4 is 5.32 Å². The van der Waals surface area contributed by atoms with Crippen molar-refractivity contribution in [3.05, 3.63) is 64.8 Å². The zero-order valence-electron chi connectivity index (χ0n) is 12.9. The first-order valence-corrected chi connectivity index (χ1v) is 7.50. The molecule has 118 valence electrons. The largest absolute Gasteiger partial charge is 0.388 e. The highest BCUT2D eigenvalue weighted by molar-refractivity contribution is 6.07. The standard InChI is InChI=1S/C18H14N4O2/c1-19-13-4-2-11(3-5-13)12-8-16-15-9-14(22(23)24)6-7-17(15)21-18(16)20-10-12/h2-10,19H,1H3,(H,20,21). The van der Waals surface area contributed by atoms with Gasteiger partial charge in [-0.1, -0.05) is 12.1 Å². The topological polar surface area (TPSA) is 83.8 Å². The monoisotopic (exact) mass is 318 g/mol. The van der Waals surface area contributed by atoms with Gasteiger partial charge >= 0.3 is 0 Å². The fourth-order valence-electron chi connectivity index (χ4n) is 2.86. The van der Waals surface area contributed by atoms with E-state index in [0.717, 1.165) is 38.8 Å². The average Bonchev–Trinajstić information content (AvgIpc) is 2.98. The lowest BCUT2D eigenvalue weighted by Gasteiger charge is -2.04. The molecule has 4 aromatic rings. The van der Waals surface area contributed by atoms with Crippen LogP contribution in [-0.4, -0.2) is 21.9 Å². The van der Waals surface area contributed by atoms with E-state index in [4.69, 9.17) is 0 Å². The summed E-state index contributed by atoms with van der Waals surface area (Å²) in [7, 11) is 1.88. The summed E-state index contributed by atoms with van der Waals surface area (Å²) in [5.41, 5.74) is 4.69. The number of fused-ring (bicyclic) bond motifs is 3. The van der Waals surface area contributed by atoms with E-state index in [-0.39, 0.29) is 10.6 Å². The van der Waals surface area contributed by atoms with E-state index >= 15 is 0 Å². The molecule has 0 fully saturated rings. The lowest BCUT2D eigenvalue weighted by atomic mass is 10.1. The number of non-ortho nitro benzene ring substituents is 1. The van der Waals surface area contributed by atoms with E-state index in [1.807, 2.05) is 37.4 Å². The Labute approximate surface area is 137 Å². The zero-order valence-corrected chi connectivity index (χ0v) is 12.9. The molecule has 0 atom stereocenters. The number of nitrogens with zero attached hydrogens (tertiary/aromatic N) is 2. The number of pyridine rings is 1. The molecule has 6 nitrogen and oxygen atoms in total. The van der Waals surface area contributed by atoms with Crippen LogP contribution in [0.2, 0.25) is 0 Å². The minimum absolute atomic E-state index is 0.0761. The van der Waals surface area contributed by atoms with Gasteiger partial charge in [0.25, 0.3) is 5.69 Å². The van der Waals surface area contributed by atoms with E-state index < -0.39 is 0 Å². The smallest absolute Gasteiger partial charge is 0.270 e. The number of hydrogen-bond donors (Lipinski definition) is 2. The normalized spacial score (nSPS) is 11.0. The molecule has 6 heteroatoms. The second-order valence-electron chi connectivity index (χ2n) is 5.56. The van der Waals surface area contributed by atoms with Crippen molar-refractivity contribution in [1.82, 2.24) is 9.97 Å². The maximum Gasteiger partial charge on any atom is 0.270 e. The number of benzene rings is 2. The molecular formula is C18H14N4O2. The fraction of sp³-hybridized carbons (Fsp3) is 0.0556. The lowest BCUT2D eigenvalue weighted by molar-refractivity contribution is -0.384. The summed E-state index contributed by atoms with van der Waals surface area (Å²) in [6, 6.07) is 14.9. The van der Waals surface area contributed by atoms with Crippen LogP contribution in [0.15, 0.2) is 54.7 Å². The number of H-pyrrole nitrogens is 1. The van der Waals surface area contributed by atoms with Crippen molar-refractivity contribution in [2.75, 3.05) is 12.4 Å². The van der Waals surface area contributed by atoms with E-state index in [2.05, 4.69) is 15.3 Å². The van der Waals surface area contributed by atoms with Crippen LogP contribution in [0, 0.1) is 10.1 Å². The third-order valence-corrected chi connectivity index (χ3v) is 4.15. The zero-order chi connectivity index (χ0) is 16.7. The molecule has 2 heterocycles. The van der Waals surface area contributed by atoms with Crippen molar-refractivity contribution >= 4 is 33.3 Å². The predicted octanol–water partition coefficient (Wildman–Crippen LogP) is 4.33. The van der Waals surface area contributed by atoms with Gasteiger partial charge in [0.05, 0.1) is 4.92 Å². The molecule has 0 saturated heterocycles. The molecule has 0 amide bonds. The molecule has 2 aromatic heterocycles. The number of aromatic nitrogens is 2. The summed E-state index contributed by atoms with van der Waals surface area (Å²) in [4.78, 5) is 18.3. The highest BCUT2D eigenvalue weighted by Gasteiger charge is 2.12. The molecule has 0 unspecified atom stereocenters. The molecule has 0 saturated carbocycles. The predicted molar refractivity (Wildman–Crippen MR) is 95.2 cm³/mol. The molecule has 2 N–H and O–H groups in total. The number of rotatable bonds is 3. The van der Waals surface area contributed by atoms with Crippen LogP contribution in [0.25, 0.3) is 33.1 Å². The maximum atomic E-state index is 11.0.